The van der Waals surface area contributed by atoms with Gasteiger partial charge in [-0.05, 0) is 45.9 Å². The minimum Gasteiger partial charge on any atom is -0.469 e. The van der Waals surface area contributed by atoms with Crippen LogP contribution in [-0.4, -0.2) is 49.2 Å². The van der Waals surface area contributed by atoms with Crippen molar-refractivity contribution >= 4 is 11.9 Å². The SMILES string of the molecule is COC(=O)C(C(C)OC(=O)c1ccccc1)C1CC[C@H](C)N1C. The van der Waals surface area contributed by atoms with Gasteiger partial charge in [-0.2, -0.15) is 0 Å². The topological polar surface area (TPSA) is 55.8 Å². The largest absolute Gasteiger partial charge is 0.469 e. The number of methoxy groups -OCH3 is 1. The molecule has 0 spiro atoms. The van der Waals surface area contributed by atoms with E-state index in [2.05, 4.69) is 11.8 Å². The van der Waals surface area contributed by atoms with Crippen molar-refractivity contribution in [2.45, 2.75) is 44.9 Å². The van der Waals surface area contributed by atoms with Crippen molar-refractivity contribution < 1.29 is 19.1 Å². The van der Waals surface area contributed by atoms with Crippen molar-refractivity contribution in [3.05, 3.63) is 35.9 Å². The van der Waals surface area contributed by atoms with Crippen molar-refractivity contribution in [1.82, 2.24) is 4.90 Å². The maximum absolute atomic E-state index is 12.3. The predicted octanol–water partition coefficient (Wildman–Crippen LogP) is 2.50. The minimum absolute atomic E-state index is 0.0241. The number of rotatable bonds is 5. The molecule has 0 amide bonds. The van der Waals surface area contributed by atoms with E-state index in [0.29, 0.717) is 11.6 Å². The zero-order valence-electron chi connectivity index (χ0n) is 14.2. The molecule has 0 saturated carbocycles. The number of hydrogen-bond acceptors (Lipinski definition) is 5. The smallest absolute Gasteiger partial charge is 0.338 e. The van der Waals surface area contributed by atoms with E-state index in [1.54, 1.807) is 31.2 Å². The number of nitrogens with zero attached hydrogens (tertiary/aromatic N) is 1. The number of carbonyl (C=O) groups excluding carboxylic acids is 2. The molecule has 1 aliphatic rings. The quantitative estimate of drug-likeness (QED) is 0.781. The van der Waals surface area contributed by atoms with Gasteiger partial charge in [-0.3, -0.25) is 9.69 Å². The Morgan fingerprint density at radius 2 is 1.87 bits per heavy atom. The van der Waals surface area contributed by atoms with E-state index in [1.807, 2.05) is 13.1 Å². The van der Waals surface area contributed by atoms with Crippen LogP contribution < -0.4 is 0 Å². The maximum atomic E-state index is 12.3. The Bertz CT molecular complexity index is 545. The molecule has 1 saturated heterocycles. The minimum atomic E-state index is -0.548. The van der Waals surface area contributed by atoms with Crippen LogP contribution in [0.2, 0.25) is 0 Å². The summed E-state index contributed by atoms with van der Waals surface area (Å²) in [4.78, 5) is 26.7. The van der Waals surface area contributed by atoms with Gasteiger partial charge in [0.15, 0.2) is 0 Å². The first-order valence-corrected chi connectivity index (χ1v) is 8.01. The molecule has 4 atom stereocenters. The molecule has 0 aromatic heterocycles. The van der Waals surface area contributed by atoms with Gasteiger partial charge in [0.1, 0.15) is 12.0 Å². The van der Waals surface area contributed by atoms with Gasteiger partial charge in [-0.1, -0.05) is 18.2 Å². The fourth-order valence-corrected chi connectivity index (χ4v) is 3.26. The van der Waals surface area contributed by atoms with Gasteiger partial charge in [0.2, 0.25) is 0 Å². The molecule has 0 radical (unpaired) electrons. The summed E-state index contributed by atoms with van der Waals surface area (Å²) in [6.07, 6.45) is 1.37. The third kappa shape index (κ3) is 3.91. The molecule has 1 fully saturated rings. The van der Waals surface area contributed by atoms with Crippen LogP contribution in [0.5, 0.6) is 0 Å². The highest BCUT2D eigenvalue weighted by atomic mass is 16.6. The Kier molecular flexibility index (Phi) is 5.77. The van der Waals surface area contributed by atoms with Crippen LogP contribution >= 0.6 is 0 Å². The summed E-state index contributed by atoms with van der Waals surface area (Å²) in [5.74, 6) is -1.23. The molecule has 1 aromatic rings. The molecule has 3 unspecified atom stereocenters. The molecule has 5 heteroatoms. The molecule has 0 aliphatic carbocycles. The van der Waals surface area contributed by atoms with Crippen LogP contribution in [0.4, 0.5) is 0 Å². The number of benzene rings is 1. The molecule has 1 aliphatic heterocycles. The maximum Gasteiger partial charge on any atom is 0.338 e. The van der Waals surface area contributed by atoms with Crippen LogP contribution in [-0.2, 0) is 14.3 Å². The summed E-state index contributed by atoms with van der Waals surface area (Å²) in [6.45, 7) is 3.90. The first-order valence-electron chi connectivity index (χ1n) is 8.01. The van der Waals surface area contributed by atoms with Crippen molar-refractivity contribution in [3.63, 3.8) is 0 Å². The lowest BCUT2D eigenvalue weighted by Gasteiger charge is -2.32. The third-order valence-corrected chi connectivity index (χ3v) is 4.79. The molecule has 2 rings (SSSR count). The van der Waals surface area contributed by atoms with Gasteiger partial charge in [-0.25, -0.2) is 4.79 Å². The molecule has 23 heavy (non-hydrogen) atoms. The molecule has 126 valence electrons. The number of hydrogen-bond donors (Lipinski definition) is 0. The van der Waals surface area contributed by atoms with E-state index < -0.39 is 18.0 Å². The Morgan fingerprint density at radius 1 is 1.22 bits per heavy atom. The van der Waals surface area contributed by atoms with Crippen LogP contribution in [0.1, 0.15) is 37.0 Å². The number of likely N-dealkylation sites (tertiary alicyclic amines) is 1. The third-order valence-electron chi connectivity index (χ3n) is 4.79. The number of esters is 2. The summed E-state index contributed by atoms with van der Waals surface area (Å²) in [7, 11) is 3.38. The van der Waals surface area contributed by atoms with E-state index in [-0.39, 0.29) is 12.0 Å². The highest BCUT2D eigenvalue weighted by Crippen LogP contribution is 2.31. The van der Waals surface area contributed by atoms with Crippen LogP contribution in [0.3, 0.4) is 0 Å². The van der Waals surface area contributed by atoms with Crippen LogP contribution in [0, 0.1) is 5.92 Å². The predicted molar refractivity (Wildman–Crippen MR) is 87.1 cm³/mol. The number of ether oxygens (including phenoxy) is 2. The monoisotopic (exact) mass is 319 g/mol. The van der Waals surface area contributed by atoms with E-state index in [4.69, 9.17) is 9.47 Å². The number of carbonyl (C=O) groups is 2. The average Bonchev–Trinajstić information content (AvgIpc) is 2.88. The fourth-order valence-electron chi connectivity index (χ4n) is 3.26. The first kappa shape index (κ1) is 17.5. The second-order valence-corrected chi connectivity index (χ2v) is 6.18. The molecular weight excluding hydrogens is 294 g/mol. The van der Waals surface area contributed by atoms with Crippen molar-refractivity contribution in [2.75, 3.05) is 14.2 Å². The van der Waals surface area contributed by atoms with Gasteiger partial charge < -0.3 is 9.47 Å². The Hall–Kier alpha value is -1.88. The first-order chi connectivity index (χ1) is 11.0. The van der Waals surface area contributed by atoms with E-state index >= 15 is 0 Å². The Labute approximate surface area is 137 Å². The summed E-state index contributed by atoms with van der Waals surface area (Å²) in [6, 6.07) is 9.24. The zero-order chi connectivity index (χ0) is 17.0. The lowest BCUT2D eigenvalue weighted by Crippen LogP contribution is -2.46. The molecular formula is C18H25NO4. The molecule has 1 aromatic carbocycles. The second-order valence-electron chi connectivity index (χ2n) is 6.18. The van der Waals surface area contributed by atoms with E-state index in [9.17, 15) is 9.59 Å². The van der Waals surface area contributed by atoms with Crippen LogP contribution in [0.25, 0.3) is 0 Å². The summed E-state index contributed by atoms with van der Waals surface area (Å²) >= 11 is 0. The van der Waals surface area contributed by atoms with Gasteiger partial charge in [0, 0.05) is 12.1 Å². The zero-order valence-corrected chi connectivity index (χ0v) is 14.2. The van der Waals surface area contributed by atoms with E-state index in [0.717, 1.165) is 12.8 Å². The molecule has 0 bridgehead atoms. The van der Waals surface area contributed by atoms with Gasteiger partial charge in [0.25, 0.3) is 0 Å². The summed E-state index contributed by atoms with van der Waals surface area (Å²) in [5.41, 5.74) is 0.483. The molecule has 1 heterocycles. The second kappa shape index (κ2) is 7.59. The lowest BCUT2D eigenvalue weighted by atomic mass is 9.92. The van der Waals surface area contributed by atoms with Gasteiger partial charge in [0.05, 0.1) is 12.7 Å². The van der Waals surface area contributed by atoms with Gasteiger partial charge in [-0.15, -0.1) is 0 Å². The van der Waals surface area contributed by atoms with Crippen molar-refractivity contribution in [1.29, 1.82) is 0 Å². The van der Waals surface area contributed by atoms with Crippen LogP contribution in [0.15, 0.2) is 30.3 Å². The standard InChI is InChI=1S/C18H25NO4/c1-12-10-11-15(19(12)3)16(18(21)22-4)13(2)23-17(20)14-8-6-5-7-9-14/h5-9,12-13,15-16H,10-11H2,1-4H3/t12-,13?,15?,16?/m0/s1. The van der Waals surface area contributed by atoms with Crippen molar-refractivity contribution in [3.8, 4) is 0 Å². The summed E-state index contributed by atoms with van der Waals surface area (Å²) < 4.78 is 10.5. The van der Waals surface area contributed by atoms with Gasteiger partial charge >= 0.3 is 11.9 Å². The van der Waals surface area contributed by atoms with E-state index in [1.165, 1.54) is 7.11 Å². The highest BCUT2D eigenvalue weighted by Gasteiger charge is 2.42. The highest BCUT2D eigenvalue weighted by molar-refractivity contribution is 5.89. The Balaban J connectivity index is 2.13. The van der Waals surface area contributed by atoms with Crippen molar-refractivity contribution in [2.24, 2.45) is 5.92 Å². The normalized spacial score (nSPS) is 24.0. The molecule has 0 N–H and O–H groups in total. The fraction of sp³-hybridized carbons (Fsp3) is 0.556. The summed E-state index contributed by atoms with van der Waals surface area (Å²) in [5, 5.41) is 0. The Morgan fingerprint density at radius 3 is 2.39 bits per heavy atom. The average molecular weight is 319 g/mol. The molecule has 5 nitrogen and oxygen atoms in total. The lowest BCUT2D eigenvalue weighted by molar-refractivity contribution is -0.152.